The Morgan fingerprint density at radius 3 is 2.83 bits per heavy atom. The molecule has 2 aliphatic rings. The van der Waals surface area contributed by atoms with Crippen molar-refractivity contribution in [2.45, 2.75) is 51.3 Å². The number of ether oxygens (including phenoxy) is 1. The molecule has 0 saturated carbocycles. The average molecular weight is 245 g/mol. The Labute approximate surface area is 108 Å². The van der Waals surface area contributed by atoms with Gasteiger partial charge in [-0.05, 0) is 31.0 Å². The summed E-state index contributed by atoms with van der Waals surface area (Å²) < 4.78 is 5.70. The van der Waals surface area contributed by atoms with E-state index in [0.29, 0.717) is 18.6 Å². The summed E-state index contributed by atoms with van der Waals surface area (Å²) in [5.74, 6) is 1.36. The molecule has 1 aromatic carbocycles. The van der Waals surface area contributed by atoms with Crippen molar-refractivity contribution >= 4 is 5.78 Å². The van der Waals surface area contributed by atoms with Crippen LogP contribution in [0, 0.1) is 0 Å². The molecule has 2 heterocycles. The van der Waals surface area contributed by atoms with Gasteiger partial charge >= 0.3 is 0 Å². The Morgan fingerprint density at radius 2 is 2.06 bits per heavy atom. The second kappa shape index (κ2) is 4.39. The molecule has 18 heavy (non-hydrogen) atoms. The predicted octanol–water partition coefficient (Wildman–Crippen LogP) is 2.39. The summed E-state index contributed by atoms with van der Waals surface area (Å²) in [6, 6.07) is 6.77. The Kier molecular flexibility index (Phi) is 2.86. The zero-order valence-electron chi connectivity index (χ0n) is 10.9. The summed E-state index contributed by atoms with van der Waals surface area (Å²) >= 11 is 0. The zero-order chi connectivity index (χ0) is 12.7. The average Bonchev–Trinajstić information content (AvgIpc) is 2.66. The van der Waals surface area contributed by atoms with Crippen LogP contribution in [0.1, 0.15) is 43.9 Å². The quantitative estimate of drug-likeness (QED) is 0.825. The van der Waals surface area contributed by atoms with Crippen LogP contribution in [-0.4, -0.2) is 17.9 Å². The Morgan fingerprint density at radius 1 is 1.22 bits per heavy atom. The first-order chi connectivity index (χ1) is 8.61. The van der Waals surface area contributed by atoms with Gasteiger partial charge in [0.05, 0.1) is 0 Å². The lowest BCUT2D eigenvalue weighted by molar-refractivity contribution is -0.121. The highest BCUT2D eigenvalue weighted by Gasteiger charge is 2.26. The maximum absolute atomic E-state index is 11.7. The highest BCUT2D eigenvalue weighted by atomic mass is 16.5. The molecule has 0 aromatic heterocycles. The van der Waals surface area contributed by atoms with Gasteiger partial charge in [-0.3, -0.25) is 4.79 Å². The molecule has 2 aliphatic heterocycles. The fourth-order valence-corrected chi connectivity index (χ4v) is 2.99. The Bertz CT molecular complexity index is 483. The lowest BCUT2D eigenvalue weighted by Gasteiger charge is -2.28. The van der Waals surface area contributed by atoms with Crippen molar-refractivity contribution in [2.75, 3.05) is 0 Å². The molecule has 0 bridgehead atoms. The van der Waals surface area contributed by atoms with Crippen LogP contribution in [0.25, 0.3) is 0 Å². The van der Waals surface area contributed by atoms with Crippen LogP contribution in [0.5, 0.6) is 5.75 Å². The number of Topliss-reactive ketones (excluding diaryl/α,β-unsaturated/α-hetero) is 1. The van der Waals surface area contributed by atoms with E-state index in [-0.39, 0.29) is 18.2 Å². The molecule has 1 saturated heterocycles. The molecular weight excluding hydrogens is 226 g/mol. The van der Waals surface area contributed by atoms with Crippen molar-refractivity contribution in [1.82, 2.24) is 5.32 Å². The van der Waals surface area contributed by atoms with Crippen molar-refractivity contribution in [3.63, 3.8) is 0 Å². The zero-order valence-corrected chi connectivity index (χ0v) is 10.9. The molecule has 0 amide bonds. The van der Waals surface area contributed by atoms with Gasteiger partial charge in [-0.1, -0.05) is 12.1 Å². The van der Waals surface area contributed by atoms with E-state index >= 15 is 0 Å². The van der Waals surface area contributed by atoms with Crippen LogP contribution in [0.3, 0.4) is 0 Å². The van der Waals surface area contributed by atoms with E-state index in [9.17, 15) is 4.79 Å². The van der Waals surface area contributed by atoms with Gasteiger partial charge in [0.2, 0.25) is 0 Å². The number of hydrogen-bond donors (Lipinski definition) is 1. The summed E-state index contributed by atoms with van der Waals surface area (Å²) in [5.41, 5.74) is 2.49. The summed E-state index contributed by atoms with van der Waals surface area (Å²) in [4.78, 5) is 11.7. The van der Waals surface area contributed by atoms with E-state index in [1.54, 1.807) is 0 Å². The Balaban J connectivity index is 1.85. The molecule has 3 unspecified atom stereocenters. The number of ketones is 1. The number of fused-ring (bicyclic) bond motifs is 1. The molecule has 1 aromatic rings. The molecule has 96 valence electrons. The van der Waals surface area contributed by atoms with Crippen LogP contribution in [0.2, 0.25) is 0 Å². The van der Waals surface area contributed by atoms with Crippen molar-refractivity contribution in [3.05, 3.63) is 29.3 Å². The molecule has 0 aliphatic carbocycles. The number of hydrogen-bond acceptors (Lipinski definition) is 3. The standard InChI is InChI=1S/C15H19NO2/c1-9-5-13(17)8-14(16-9)11-3-4-15-12(7-11)6-10(2)18-15/h3-4,7,9-10,14,16H,5-6,8H2,1-2H3. The lowest BCUT2D eigenvalue weighted by atomic mass is 9.92. The second-order valence-corrected chi connectivity index (χ2v) is 5.57. The van der Waals surface area contributed by atoms with Gasteiger partial charge in [0, 0.05) is 31.3 Å². The van der Waals surface area contributed by atoms with Crippen molar-refractivity contribution in [1.29, 1.82) is 0 Å². The lowest BCUT2D eigenvalue weighted by Crippen LogP contribution is -2.38. The van der Waals surface area contributed by atoms with Gasteiger partial charge in [0.25, 0.3) is 0 Å². The first-order valence-corrected chi connectivity index (χ1v) is 6.69. The van der Waals surface area contributed by atoms with Crippen LogP contribution >= 0.6 is 0 Å². The topological polar surface area (TPSA) is 38.3 Å². The van der Waals surface area contributed by atoms with Crippen LogP contribution in [0.15, 0.2) is 18.2 Å². The monoisotopic (exact) mass is 245 g/mol. The summed E-state index contributed by atoms with van der Waals surface area (Å²) in [6.45, 7) is 4.16. The molecule has 1 N–H and O–H groups in total. The van der Waals surface area contributed by atoms with Gasteiger partial charge in [-0.2, -0.15) is 0 Å². The molecule has 3 nitrogen and oxygen atoms in total. The maximum Gasteiger partial charge on any atom is 0.136 e. The minimum Gasteiger partial charge on any atom is -0.490 e. The van der Waals surface area contributed by atoms with Gasteiger partial charge in [0.15, 0.2) is 0 Å². The third-order valence-electron chi connectivity index (χ3n) is 3.77. The number of rotatable bonds is 1. The summed E-state index contributed by atoms with van der Waals surface area (Å²) in [6.07, 6.45) is 2.51. The fraction of sp³-hybridized carbons (Fsp3) is 0.533. The van der Waals surface area contributed by atoms with Gasteiger partial charge in [-0.15, -0.1) is 0 Å². The van der Waals surface area contributed by atoms with Crippen molar-refractivity contribution < 1.29 is 9.53 Å². The van der Waals surface area contributed by atoms with E-state index in [1.165, 1.54) is 11.1 Å². The fourth-order valence-electron chi connectivity index (χ4n) is 2.99. The molecule has 3 atom stereocenters. The molecule has 3 rings (SSSR count). The molecule has 1 fully saturated rings. The van der Waals surface area contributed by atoms with Crippen LogP contribution in [-0.2, 0) is 11.2 Å². The number of benzene rings is 1. The highest BCUT2D eigenvalue weighted by Crippen LogP contribution is 2.33. The molecule has 0 radical (unpaired) electrons. The maximum atomic E-state index is 11.7. The number of piperidine rings is 1. The van der Waals surface area contributed by atoms with E-state index in [1.807, 2.05) is 6.07 Å². The minimum atomic E-state index is 0.169. The van der Waals surface area contributed by atoms with E-state index in [4.69, 9.17) is 4.74 Å². The smallest absolute Gasteiger partial charge is 0.136 e. The first-order valence-electron chi connectivity index (χ1n) is 6.69. The predicted molar refractivity (Wildman–Crippen MR) is 69.8 cm³/mol. The first kappa shape index (κ1) is 11.7. The van der Waals surface area contributed by atoms with Crippen LogP contribution < -0.4 is 10.1 Å². The highest BCUT2D eigenvalue weighted by molar-refractivity contribution is 5.80. The van der Waals surface area contributed by atoms with Crippen molar-refractivity contribution in [3.8, 4) is 5.75 Å². The van der Waals surface area contributed by atoms with E-state index in [2.05, 4.69) is 31.3 Å². The van der Waals surface area contributed by atoms with Gasteiger partial charge in [-0.25, -0.2) is 0 Å². The molecular formula is C15H19NO2. The van der Waals surface area contributed by atoms with E-state index < -0.39 is 0 Å². The third-order valence-corrected chi connectivity index (χ3v) is 3.77. The number of carbonyl (C=O) groups excluding carboxylic acids is 1. The third kappa shape index (κ3) is 2.15. The normalized spacial score (nSPS) is 31.0. The minimum absolute atomic E-state index is 0.169. The van der Waals surface area contributed by atoms with Crippen LogP contribution in [0.4, 0.5) is 0 Å². The largest absolute Gasteiger partial charge is 0.490 e. The number of nitrogens with one attached hydrogen (secondary N) is 1. The van der Waals surface area contributed by atoms with Crippen molar-refractivity contribution in [2.24, 2.45) is 0 Å². The molecule has 3 heteroatoms. The van der Waals surface area contributed by atoms with E-state index in [0.717, 1.165) is 12.2 Å². The SMILES string of the molecule is CC1CC(=O)CC(c2ccc3c(c2)CC(C)O3)N1. The number of carbonyl (C=O) groups is 1. The summed E-state index contributed by atoms with van der Waals surface area (Å²) in [7, 11) is 0. The molecule has 0 spiro atoms. The van der Waals surface area contributed by atoms with Gasteiger partial charge in [0.1, 0.15) is 17.6 Å². The Hall–Kier alpha value is -1.35. The summed E-state index contributed by atoms with van der Waals surface area (Å²) in [5, 5.41) is 3.50. The second-order valence-electron chi connectivity index (χ2n) is 5.57. The van der Waals surface area contributed by atoms with Gasteiger partial charge < -0.3 is 10.1 Å².